The minimum Gasteiger partial charge on any atom is -0.321 e. The molecule has 2 aromatic carbocycles. The van der Waals surface area contributed by atoms with Gasteiger partial charge in [0.15, 0.2) is 0 Å². The van der Waals surface area contributed by atoms with Crippen molar-refractivity contribution in [3.05, 3.63) is 58.6 Å². The van der Waals surface area contributed by atoms with Crippen molar-refractivity contribution in [3.8, 4) is 0 Å². The van der Waals surface area contributed by atoms with E-state index in [1.807, 2.05) is 6.92 Å². The molecular formula is C18H19ClN2O3S. The maximum atomic E-state index is 12.4. The Kier molecular flexibility index (Phi) is 5.01. The molecule has 5 nitrogen and oxygen atoms in total. The van der Waals surface area contributed by atoms with Gasteiger partial charge in [0, 0.05) is 12.1 Å². The van der Waals surface area contributed by atoms with E-state index in [9.17, 15) is 13.2 Å². The number of para-hydroxylation sites is 1. The molecule has 0 atom stereocenters. The quantitative estimate of drug-likeness (QED) is 0.882. The summed E-state index contributed by atoms with van der Waals surface area (Å²) in [4.78, 5) is 12.4. The van der Waals surface area contributed by atoms with Crippen LogP contribution in [-0.2, 0) is 10.0 Å². The standard InChI is InChI=1S/C18H19ClN2O3S/c1-13-12-14(18(22)20-16-7-3-2-6-15(16)19)8-9-17(13)21-10-4-5-11-25(21,23)24/h2-3,6-9,12H,4-5,10-11H2,1H3,(H,20,22). The van der Waals surface area contributed by atoms with Crippen molar-refractivity contribution in [2.45, 2.75) is 19.8 Å². The van der Waals surface area contributed by atoms with Gasteiger partial charge in [-0.15, -0.1) is 0 Å². The van der Waals surface area contributed by atoms with E-state index in [2.05, 4.69) is 5.32 Å². The molecule has 3 rings (SSSR count). The molecule has 0 aromatic heterocycles. The second-order valence-electron chi connectivity index (χ2n) is 6.03. The molecule has 2 aromatic rings. The van der Waals surface area contributed by atoms with Gasteiger partial charge in [-0.05, 0) is 55.7 Å². The molecule has 1 amide bonds. The summed E-state index contributed by atoms with van der Waals surface area (Å²) in [6, 6.07) is 12.0. The number of carbonyl (C=O) groups excluding carboxylic acids is 1. The fraction of sp³-hybridized carbons (Fsp3) is 0.278. The zero-order valence-electron chi connectivity index (χ0n) is 13.8. The van der Waals surface area contributed by atoms with E-state index in [4.69, 9.17) is 11.6 Å². The average molecular weight is 379 g/mol. The number of halogens is 1. The number of amides is 1. The van der Waals surface area contributed by atoms with Gasteiger partial charge in [-0.25, -0.2) is 8.42 Å². The monoisotopic (exact) mass is 378 g/mol. The molecule has 25 heavy (non-hydrogen) atoms. The van der Waals surface area contributed by atoms with Crippen molar-refractivity contribution >= 4 is 38.9 Å². The summed E-state index contributed by atoms with van der Waals surface area (Å²) in [6.45, 7) is 2.29. The van der Waals surface area contributed by atoms with Gasteiger partial charge in [-0.3, -0.25) is 9.10 Å². The first-order chi connectivity index (χ1) is 11.9. The largest absolute Gasteiger partial charge is 0.321 e. The number of sulfonamides is 1. The summed E-state index contributed by atoms with van der Waals surface area (Å²) in [5, 5.41) is 3.23. The Balaban J connectivity index is 1.84. The fourth-order valence-electron chi connectivity index (χ4n) is 2.89. The first-order valence-corrected chi connectivity index (χ1v) is 10.0. The number of nitrogens with one attached hydrogen (secondary N) is 1. The highest BCUT2D eigenvalue weighted by molar-refractivity contribution is 7.92. The van der Waals surface area contributed by atoms with Crippen molar-refractivity contribution < 1.29 is 13.2 Å². The highest BCUT2D eigenvalue weighted by Gasteiger charge is 2.27. The lowest BCUT2D eigenvalue weighted by Gasteiger charge is -2.29. The molecule has 0 saturated carbocycles. The predicted molar refractivity (Wildman–Crippen MR) is 101 cm³/mol. The number of hydrogen-bond donors (Lipinski definition) is 1. The van der Waals surface area contributed by atoms with Gasteiger partial charge >= 0.3 is 0 Å². The van der Waals surface area contributed by atoms with E-state index in [1.165, 1.54) is 4.31 Å². The van der Waals surface area contributed by atoms with Gasteiger partial charge in [0.2, 0.25) is 10.0 Å². The number of hydrogen-bond acceptors (Lipinski definition) is 3. The molecule has 0 unspecified atom stereocenters. The molecule has 0 bridgehead atoms. The smallest absolute Gasteiger partial charge is 0.255 e. The van der Waals surface area contributed by atoms with E-state index < -0.39 is 10.0 Å². The third-order valence-electron chi connectivity index (χ3n) is 4.20. The molecule has 0 spiro atoms. The Morgan fingerprint density at radius 1 is 1.16 bits per heavy atom. The van der Waals surface area contributed by atoms with E-state index in [0.29, 0.717) is 34.9 Å². The van der Waals surface area contributed by atoms with Crippen LogP contribution in [0.15, 0.2) is 42.5 Å². The second-order valence-corrected chi connectivity index (χ2v) is 8.45. The number of carbonyl (C=O) groups is 1. The van der Waals surface area contributed by atoms with Crippen molar-refractivity contribution in [2.75, 3.05) is 21.9 Å². The summed E-state index contributed by atoms with van der Waals surface area (Å²) in [7, 11) is -3.27. The summed E-state index contributed by atoms with van der Waals surface area (Å²) in [5.74, 6) is -0.120. The topological polar surface area (TPSA) is 66.5 Å². The number of nitrogens with zero attached hydrogens (tertiary/aromatic N) is 1. The maximum Gasteiger partial charge on any atom is 0.255 e. The van der Waals surface area contributed by atoms with Crippen molar-refractivity contribution in [2.24, 2.45) is 0 Å². The molecule has 0 aliphatic carbocycles. The van der Waals surface area contributed by atoms with Crippen LogP contribution in [-0.4, -0.2) is 26.6 Å². The van der Waals surface area contributed by atoms with Crippen LogP contribution in [0.1, 0.15) is 28.8 Å². The highest BCUT2D eigenvalue weighted by Crippen LogP contribution is 2.28. The Hall–Kier alpha value is -2.05. The lowest BCUT2D eigenvalue weighted by atomic mass is 10.1. The SMILES string of the molecule is Cc1cc(C(=O)Nc2ccccc2Cl)ccc1N1CCCCS1(=O)=O. The summed E-state index contributed by atoms with van der Waals surface area (Å²) < 4.78 is 26.0. The van der Waals surface area contributed by atoms with Crippen LogP contribution in [0.4, 0.5) is 11.4 Å². The molecule has 7 heteroatoms. The minimum atomic E-state index is -3.27. The Bertz CT molecular complexity index is 912. The highest BCUT2D eigenvalue weighted by atomic mass is 35.5. The van der Waals surface area contributed by atoms with E-state index >= 15 is 0 Å². The first-order valence-electron chi connectivity index (χ1n) is 8.05. The fourth-order valence-corrected chi connectivity index (χ4v) is 4.78. The first kappa shape index (κ1) is 17.8. The third kappa shape index (κ3) is 3.80. The lowest BCUT2D eigenvalue weighted by Crippen LogP contribution is -2.38. The van der Waals surface area contributed by atoms with Crippen LogP contribution in [0.25, 0.3) is 0 Å². The summed E-state index contributed by atoms with van der Waals surface area (Å²) in [6.07, 6.45) is 1.53. The van der Waals surface area contributed by atoms with Crippen LogP contribution < -0.4 is 9.62 Å². The van der Waals surface area contributed by atoms with E-state index in [0.717, 1.165) is 12.0 Å². The Labute approximate surface area is 152 Å². The Morgan fingerprint density at radius 2 is 1.92 bits per heavy atom. The molecule has 1 fully saturated rings. The maximum absolute atomic E-state index is 12.4. The lowest BCUT2D eigenvalue weighted by molar-refractivity contribution is 0.102. The van der Waals surface area contributed by atoms with Gasteiger partial charge < -0.3 is 5.32 Å². The summed E-state index contributed by atoms with van der Waals surface area (Å²) >= 11 is 6.06. The molecule has 1 aliphatic heterocycles. The van der Waals surface area contributed by atoms with Crippen LogP contribution in [0.2, 0.25) is 5.02 Å². The zero-order valence-corrected chi connectivity index (χ0v) is 15.4. The molecule has 1 N–H and O–H groups in total. The minimum absolute atomic E-state index is 0.168. The number of aryl methyl sites for hydroxylation is 1. The molecule has 0 radical (unpaired) electrons. The van der Waals surface area contributed by atoms with Gasteiger partial charge in [-0.2, -0.15) is 0 Å². The van der Waals surface area contributed by atoms with Crippen LogP contribution >= 0.6 is 11.6 Å². The van der Waals surface area contributed by atoms with Gasteiger partial charge in [0.05, 0.1) is 22.2 Å². The van der Waals surface area contributed by atoms with Crippen molar-refractivity contribution in [1.82, 2.24) is 0 Å². The van der Waals surface area contributed by atoms with Gasteiger partial charge in [0.25, 0.3) is 5.91 Å². The summed E-state index contributed by atoms with van der Waals surface area (Å²) in [5.41, 5.74) is 2.37. The Morgan fingerprint density at radius 3 is 2.60 bits per heavy atom. The van der Waals surface area contributed by atoms with Crippen molar-refractivity contribution in [1.29, 1.82) is 0 Å². The average Bonchev–Trinajstić information content (AvgIpc) is 2.57. The predicted octanol–water partition coefficient (Wildman–Crippen LogP) is 3.83. The zero-order chi connectivity index (χ0) is 18.0. The molecule has 1 aliphatic rings. The number of rotatable bonds is 3. The number of anilines is 2. The van der Waals surface area contributed by atoms with E-state index in [-0.39, 0.29) is 11.7 Å². The number of benzene rings is 2. The third-order valence-corrected chi connectivity index (χ3v) is 6.38. The van der Waals surface area contributed by atoms with Crippen LogP contribution in [0, 0.1) is 6.92 Å². The van der Waals surface area contributed by atoms with Crippen LogP contribution in [0.5, 0.6) is 0 Å². The van der Waals surface area contributed by atoms with Crippen molar-refractivity contribution in [3.63, 3.8) is 0 Å². The van der Waals surface area contributed by atoms with E-state index in [1.54, 1.807) is 42.5 Å². The normalized spacial score (nSPS) is 16.5. The molecular weight excluding hydrogens is 360 g/mol. The second kappa shape index (κ2) is 7.06. The molecule has 1 heterocycles. The van der Waals surface area contributed by atoms with Gasteiger partial charge in [0.1, 0.15) is 0 Å². The molecule has 1 saturated heterocycles. The molecule has 132 valence electrons. The van der Waals surface area contributed by atoms with Crippen LogP contribution in [0.3, 0.4) is 0 Å². The van der Waals surface area contributed by atoms with Gasteiger partial charge in [-0.1, -0.05) is 23.7 Å².